The van der Waals surface area contributed by atoms with E-state index in [9.17, 15) is 4.79 Å². The molecule has 7 heteroatoms. The Labute approximate surface area is 155 Å². The predicted octanol–water partition coefficient (Wildman–Crippen LogP) is 2.80. The molecule has 3 heterocycles. The first-order valence-electron chi connectivity index (χ1n) is 8.27. The fraction of sp³-hybridized carbons (Fsp3) is 0.158. The average molecular weight is 366 g/mol. The van der Waals surface area contributed by atoms with E-state index < -0.39 is 0 Å². The second-order valence-corrected chi connectivity index (χ2v) is 6.34. The van der Waals surface area contributed by atoms with Crippen LogP contribution in [0.2, 0.25) is 5.02 Å². The highest BCUT2D eigenvalue weighted by atomic mass is 35.5. The molecule has 0 atom stereocenters. The Balaban J connectivity index is 1.84. The summed E-state index contributed by atoms with van der Waals surface area (Å²) in [5.41, 5.74) is 2.44. The van der Waals surface area contributed by atoms with Gasteiger partial charge in [-0.15, -0.1) is 0 Å². The quantitative estimate of drug-likeness (QED) is 0.772. The molecule has 1 N–H and O–H groups in total. The summed E-state index contributed by atoms with van der Waals surface area (Å²) in [4.78, 5) is 27.4. The average Bonchev–Trinajstić information content (AvgIpc) is 2.69. The molecule has 1 aliphatic heterocycles. The van der Waals surface area contributed by atoms with Crippen LogP contribution in [0.1, 0.15) is 0 Å². The maximum absolute atomic E-state index is 12.3. The van der Waals surface area contributed by atoms with Gasteiger partial charge in [-0.1, -0.05) is 23.7 Å². The number of rotatable bonds is 3. The van der Waals surface area contributed by atoms with Crippen LogP contribution in [0.3, 0.4) is 0 Å². The van der Waals surface area contributed by atoms with E-state index >= 15 is 0 Å². The molecular weight excluding hydrogens is 350 g/mol. The standard InChI is InChI=1S/C19H16ClN5O/c20-15-5-3-13(4-6-15)16-10-17(25-9-8-22-12-18(25)26)24-19(23-16)14-2-1-7-21-11-14/h1-7,10-11,22H,8-9,12H2. The summed E-state index contributed by atoms with van der Waals surface area (Å²) in [5, 5.41) is 3.73. The SMILES string of the molecule is O=C1CNCCN1c1cc(-c2ccc(Cl)cc2)nc(-c2cccnc2)n1. The molecule has 0 saturated carbocycles. The number of benzene rings is 1. The molecule has 1 aliphatic rings. The lowest BCUT2D eigenvalue weighted by Crippen LogP contribution is -2.48. The van der Waals surface area contributed by atoms with Crippen LogP contribution in [0.25, 0.3) is 22.6 Å². The van der Waals surface area contributed by atoms with Gasteiger partial charge < -0.3 is 5.32 Å². The molecule has 1 aromatic carbocycles. The van der Waals surface area contributed by atoms with Gasteiger partial charge in [-0.2, -0.15) is 0 Å². The zero-order valence-corrected chi connectivity index (χ0v) is 14.6. The maximum atomic E-state index is 12.3. The van der Waals surface area contributed by atoms with E-state index in [2.05, 4.69) is 20.3 Å². The lowest BCUT2D eigenvalue weighted by molar-refractivity contribution is -0.118. The molecule has 0 spiro atoms. The van der Waals surface area contributed by atoms with E-state index in [1.807, 2.05) is 42.5 Å². The molecule has 0 bridgehead atoms. The number of pyridine rings is 1. The van der Waals surface area contributed by atoms with Gasteiger partial charge in [-0.05, 0) is 24.3 Å². The van der Waals surface area contributed by atoms with Crippen molar-refractivity contribution in [3.63, 3.8) is 0 Å². The summed E-state index contributed by atoms with van der Waals surface area (Å²) in [5.74, 6) is 1.12. The number of hydrogen-bond acceptors (Lipinski definition) is 5. The highest BCUT2D eigenvalue weighted by molar-refractivity contribution is 6.30. The Kier molecular flexibility index (Phi) is 4.60. The van der Waals surface area contributed by atoms with Crippen molar-refractivity contribution < 1.29 is 4.79 Å². The summed E-state index contributed by atoms with van der Waals surface area (Å²) in [6.07, 6.45) is 3.41. The number of nitrogens with zero attached hydrogens (tertiary/aromatic N) is 4. The van der Waals surface area contributed by atoms with Gasteiger partial charge >= 0.3 is 0 Å². The van der Waals surface area contributed by atoms with Crippen LogP contribution in [-0.2, 0) is 4.79 Å². The molecule has 130 valence electrons. The van der Waals surface area contributed by atoms with E-state index in [1.54, 1.807) is 17.3 Å². The molecule has 3 aromatic rings. The maximum Gasteiger partial charge on any atom is 0.242 e. The molecule has 1 fully saturated rings. The summed E-state index contributed by atoms with van der Waals surface area (Å²) in [7, 11) is 0. The molecule has 26 heavy (non-hydrogen) atoms. The number of hydrogen-bond donors (Lipinski definition) is 1. The molecular formula is C19H16ClN5O. The zero-order chi connectivity index (χ0) is 17.9. The van der Waals surface area contributed by atoms with E-state index in [1.165, 1.54) is 0 Å². The van der Waals surface area contributed by atoms with Crippen LogP contribution in [0.15, 0.2) is 54.9 Å². The molecule has 1 amide bonds. The summed E-state index contributed by atoms with van der Waals surface area (Å²) in [6, 6.07) is 13.0. The lowest BCUT2D eigenvalue weighted by Gasteiger charge is -2.27. The number of anilines is 1. The van der Waals surface area contributed by atoms with Gasteiger partial charge in [0.15, 0.2) is 5.82 Å². The Morgan fingerprint density at radius 1 is 1.08 bits per heavy atom. The van der Waals surface area contributed by atoms with Crippen LogP contribution in [0, 0.1) is 0 Å². The number of carbonyl (C=O) groups is 1. The lowest BCUT2D eigenvalue weighted by atomic mass is 10.1. The third kappa shape index (κ3) is 3.42. The number of nitrogens with one attached hydrogen (secondary N) is 1. The summed E-state index contributed by atoms with van der Waals surface area (Å²) in [6.45, 7) is 1.61. The molecule has 0 radical (unpaired) electrons. The van der Waals surface area contributed by atoms with Gasteiger partial charge in [0.2, 0.25) is 5.91 Å². The van der Waals surface area contributed by atoms with Crippen molar-refractivity contribution in [1.29, 1.82) is 0 Å². The van der Waals surface area contributed by atoms with E-state index in [0.717, 1.165) is 23.4 Å². The number of halogens is 1. The smallest absolute Gasteiger partial charge is 0.242 e. The minimum absolute atomic E-state index is 0.00542. The predicted molar refractivity (Wildman–Crippen MR) is 101 cm³/mol. The summed E-state index contributed by atoms with van der Waals surface area (Å²) >= 11 is 6.00. The summed E-state index contributed by atoms with van der Waals surface area (Å²) < 4.78 is 0. The molecule has 0 unspecified atom stereocenters. The first-order valence-corrected chi connectivity index (χ1v) is 8.65. The molecule has 4 rings (SSSR count). The van der Waals surface area contributed by atoms with Crippen molar-refractivity contribution in [1.82, 2.24) is 20.3 Å². The Bertz CT molecular complexity index is 930. The second kappa shape index (κ2) is 7.19. The first-order chi connectivity index (χ1) is 12.7. The van der Waals surface area contributed by atoms with Crippen LogP contribution in [0.4, 0.5) is 5.82 Å². The fourth-order valence-corrected chi connectivity index (χ4v) is 2.94. The van der Waals surface area contributed by atoms with Gasteiger partial charge in [0, 0.05) is 47.7 Å². The fourth-order valence-electron chi connectivity index (χ4n) is 2.81. The highest BCUT2D eigenvalue weighted by Gasteiger charge is 2.22. The molecule has 1 saturated heterocycles. The molecule has 6 nitrogen and oxygen atoms in total. The van der Waals surface area contributed by atoms with E-state index in [0.29, 0.717) is 29.8 Å². The normalized spacial score (nSPS) is 14.5. The minimum atomic E-state index is -0.00542. The molecule has 2 aromatic heterocycles. The van der Waals surface area contributed by atoms with Crippen LogP contribution in [-0.4, -0.2) is 40.5 Å². The second-order valence-electron chi connectivity index (χ2n) is 5.91. The van der Waals surface area contributed by atoms with Gasteiger partial charge in [-0.25, -0.2) is 9.97 Å². The van der Waals surface area contributed by atoms with Crippen molar-refractivity contribution in [3.05, 3.63) is 59.9 Å². The first kappa shape index (κ1) is 16.6. The van der Waals surface area contributed by atoms with Gasteiger partial charge in [0.1, 0.15) is 5.82 Å². The number of aromatic nitrogens is 3. The Morgan fingerprint density at radius 3 is 2.65 bits per heavy atom. The van der Waals surface area contributed by atoms with Gasteiger partial charge in [-0.3, -0.25) is 14.7 Å². The third-order valence-electron chi connectivity index (χ3n) is 4.14. The Hall–Kier alpha value is -2.83. The van der Waals surface area contributed by atoms with E-state index in [-0.39, 0.29) is 5.91 Å². The van der Waals surface area contributed by atoms with Crippen LogP contribution < -0.4 is 10.2 Å². The molecule has 0 aliphatic carbocycles. The number of amides is 1. The van der Waals surface area contributed by atoms with Crippen LogP contribution >= 0.6 is 11.6 Å². The zero-order valence-electron chi connectivity index (χ0n) is 13.9. The van der Waals surface area contributed by atoms with Gasteiger partial charge in [0.25, 0.3) is 0 Å². The van der Waals surface area contributed by atoms with Crippen molar-refractivity contribution in [2.75, 3.05) is 24.5 Å². The third-order valence-corrected chi connectivity index (χ3v) is 4.39. The van der Waals surface area contributed by atoms with Crippen molar-refractivity contribution in [3.8, 4) is 22.6 Å². The Morgan fingerprint density at radius 2 is 1.92 bits per heavy atom. The number of carbonyl (C=O) groups excluding carboxylic acids is 1. The van der Waals surface area contributed by atoms with Crippen molar-refractivity contribution in [2.24, 2.45) is 0 Å². The highest BCUT2D eigenvalue weighted by Crippen LogP contribution is 2.27. The van der Waals surface area contributed by atoms with Crippen molar-refractivity contribution in [2.45, 2.75) is 0 Å². The number of piperazine rings is 1. The topological polar surface area (TPSA) is 71.0 Å². The van der Waals surface area contributed by atoms with Crippen LogP contribution in [0.5, 0.6) is 0 Å². The monoisotopic (exact) mass is 365 g/mol. The van der Waals surface area contributed by atoms with Crippen molar-refractivity contribution >= 4 is 23.3 Å². The minimum Gasteiger partial charge on any atom is -0.307 e. The largest absolute Gasteiger partial charge is 0.307 e. The van der Waals surface area contributed by atoms with Gasteiger partial charge in [0.05, 0.1) is 12.2 Å². The van der Waals surface area contributed by atoms with E-state index in [4.69, 9.17) is 11.6 Å².